The Hall–Kier alpha value is -1.33. The van der Waals surface area contributed by atoms with Crippen LogP contribution in [-0.2, 0) is 0 Å². The number of nitrogens with one attached hydrogen (secondary N) is 1. The summed E-state index contributed by atoms with van der Waals surface area (Å²) < 4.78 is 13.4. The van der Waals surface area contributed by atoms with Crippen LogP contribution in [0, 0.1) is 5.82 Å². The molecule has 1 aromatic carbocycles. The van der Waals surface area contributed by atoms with Crippen LogP contribution in [0.1, 0.15) is 19.3 Å². The predicted molar refractivity (Wildman–Crippen MR) is 74.0 cm³/mol. The van der Waals surface area contributed by atoms with Gasteiger partial charge >= 0.3 is 0 Å². The van der Waals surface area contributed by atoms with Crippen LogP contribution in [0.25, 0.3) is 0 Å². The standard InChI is InChI=1S/C14H21FN2O2/c15-11-4-5-14(17-6-2-1-3-7-17)13(8-11)16-9-12(19)10-18/h4-5,8,12,16,18-19H,1-3,6-7,9-10H2. The molecule has 1 fully saturated rings. The molecule has 3 N–H and O–H groups in total. The fourth-order valence-corrected chi connectivity index (χ4v) is 2.35. The van der Waals surface area contributed by atoms with E-state index in [1.54, 1.807) is 6.07 Å². The van der Waals surface area contributed by atoms with Gasteiger partial charge in [0.1, 0.15) is 5.82 Å². The second kappa shape index (κ2) is 6.73. The van der Waals surface area contributed by atoms with E-state index >= 15 is 0 Å². The van der Waals surface area contributed by atoms with Gasteiger partial charge in [0.2, 0.25) is 0 Å². The van der Waals surface area contributed by atoms with E-state index < -0.39 is 6.10 Å². The number of nitrogens with zero attached hydrogens (tertiary/aromatic N) is 1. The van der Waals surface area contributed by atoms with Gasteiger partial charge in [0, 0.05) is 19.6 Å². The molecular formula is C14H21FN2O2. The van der Waals surface area contributed by atoms with Crippen molar-refractivity contribution in [2.24, 2.45) is 0 Å². The van der Waals surface area contributed by atoms with Crippen LogP contribution in [0.2, 0.25) is 0 Å². The van der Waals surface area contributed by atoms with Crippen molar-refractivity contribution < 1.29 is 14.6 Å². The third-order valence-corrected chi connectivity index (χ3v) is 3.39. The summed E-state index contributed by atoms with van der Waals surface area (Å²) in [6, 6.07) is 4.67. The van der Waals surface area contributed by atoms with Crippen LogP contribution in [0.3, 0.4) is 0 Å². The molecule has 0 spiro atoms. The largest absolute Gasteiger partial charge is 0.394 e. The Bertz CT molecular complexity index is 408. The van der Waals surface area contributed by atoms with E-state index in [0.717, 1.165) is 31.6 Å². The van der Waals surface area contributed by atoms with E-state index in [-0.39, 0.29) is 19.0 Å². The maximum atomic E-state index is 13.4. The van der Waals surface area contributed by atoms with Crippen molar-refractivity contribution >= 4 is 11.4 Å². The first kappa shape index (κ1) is 14.1. The average Bonchev–Trinajstić information content (AvgIpc) is 2.45. The van der Waals surface area contributed by atoms with E-state index in [1.165, 1.54) is 18.6 Å². The molecular weight excluding hydrogens is 247 g/mol. The highest BCUT2D eigenvalue weighted by atomic mass is 19.1. The number of anilines is 2. The maximum Gasteiger partial charge on any atom is 0.125 e. The molecule has 2 rings (SSSR count). The Morgan fingerprint density at radius 3 is 2.68 bits per heavy atom. The highest BCUT2D eigenvalue weighted by Gasteiger charge is 2.15. The van der Waals surface area contributed by atoms with Crippen molar-refractivity contribution in [3.05, 3.63) is 24.0 Å². The minimum Gasteiger partial charge on any atom is -0.394 e. The lowest BCUT2D eigenvalue weighted by Crippen LogP contribution is -2.31. The van der Waals surface area contributed by atoms with E-state index in [2.05, 4.69) is 10.2 Å². The van der Waals surface area contributed by atoms with Crippen LogP contribution in [0.4, 0.5) is 15.8 Å². The van der Waals surface area contributed by atoms with Crippen LogP contribution >= 0.6 is 0 Å². The van der Waals surface area contributed by atoms with Crippen LogP contribution in [0.5, 0.6) is 0 Å². The molecule has 1 aliphatic rings. The quantitative estimate of drug-likeness (QED) is 0.759. The highest BCUT2D eigenvalue weighted by Crippen LogP contribution is 2.29. The molecule has 0 bridgehead atoms. The Labute approximate surface area is 112 Å². The predicted octanol–water partition coefficient (Wildman–Crippen LogP) is 1.58. The lowest BCUT2D eigenvalue weighted by Gasteiger charge is -2.31. The summed E-state index contributed by atoms with van der Waals surface area (Å²) >= 11 is 0. The second-order valence-electron chi connectivity index (χ2n) is 4.93. The number of benzene rings is 1. The zero-order chi connectivity index (χ0) is 13.7. The van der Waals surface area contributed by atoms with Gasteiger partial charge in [-0.1, -0.05) is 0 Å². The number of aliphatic hydroxyl groups excluding tert-OH is 2. The molecule has 1 heterocycles. The summed E-state index contributed by atoms with van der Waals surface area (Å²) in [5.74, 6) is -0.304. The first-order chi connectivity index (χ1) is 9.20. The Morgan fingerprint density at radius 2 is 2.00 bits per heavy atom. The van der Waals surface area contributed by atoms with Gasteiger partial charge in [-0.05, 0) is 37.5 Å². The zero-order valence-electron chi connectivity index (χ0n) is 11.0. The second-order valence-corrected chi connectivity index (χ2v) is 4.93. The number of hydrogen-bond donors (Lipinski definition) is 3. The van der Waals surface area contributed by atoms with Gasteiger partial charge in [-0.25, -0.2) is 4.39 Å². The molecule has 1 aliphatic heterocycles. The molecule has 4 nitrogen and oxygen atoms in total. The zero-order valence-corrected chi connectivity index (χ0v) is 11.0. The van der Waals surface area contributed by atoms with Gasteiger partial charge < -0.3 is 20.4 Å². The van der Waals surface area contributed by atoms with Crippen molar-refractivity contribution in [3.8, 4) is 0 Å². The molecule has 0 saturated carbocycles. The first-order valence-electron chi connectivity index (χ1n) is 6.78. The monoisotopic (exact) mass is 268 g/mol. The van der Waals surface area contributed by atoms with E-state index in [4.69, 9.17) is 5.11 Å². The average molecular weight is 268 g/mol. The third-order valence-electron chi connectivity index (χ3n) is 3.39. The SMILES string of the molecule is OCC(O)CNc1cc(F)ccc1N1CCCCC1. The van der Waals surface area contributed by atoms with E-state index in [1.807, 2.05) is 0 Å². The molecule has 0 amide bonds. The summed E-state index contributed by atoms with van der Waals surface area (Å²) in [4.78, 5) is 2.23. The number of piperidine rings is 1. The molecule has 1 saturated heterocycles. The third kappa shape index (κ3) is 3.81. The number of aliphatic hydroxyl groups is 2. The Balaban J connectivity index is 2.12. The lowest BCUT2D eigenvalue weighted by atomic mass is 10.1. The smallest absolute Gasteiger partial charge is 0.125 e. The van der Waals surface area contributed by atoms with Gasteiger partial charge in [0.15, 0.2) is 0 Å². The summed E-state index contributed by atoms with van der Waals surface area (Å²) in [6.07, 6.45) is 2.70. The van der Waals surface area contributed by atoms with Crippen molar-refractivity contribution in [2.75, 3.05) is 36.5 Å². The molecule has 106 valence electrons. The normalized spacial score (nSPS) is 17.3. The molecule has 1 unspecified atom stereocenters. The maximum absolute atomic E-state index is 13.4. The highest BCUT2D eigenvalue weighted by molar-refractivity contribution is 5.70. The molecule has 19 heavy (non-hydrogen) atoms. The van der Waals surface area contributed by atoms with Crippen LogP contribution in [0.15, 0.2) is 18.2 Å². The Kier molecular flexibility index (Phi) is 4.99. The summed E-state index contributed by atoms with van der Waals surface area (Å²) in [7, 11) is 0. The van der Waals surface area contributed by atoms with Crippen molar-refractivity contribution in [2.45, 2.75) is 25.4 Å². The van der Waals surface area contributed by atoms with Gasteiger partial charge in [0.25, 0.3) is 0 Å². The van der Waals surface area contributed by atoms with Crippen LogP contribution < -0.4 is 10.2 Å². The lowest BCUT2D eigenvalue weighted by molar-refractivity contribution is 0.105. The molecule has 0 aliphatic carbocycles. The Morgan fingerprint density at radius 1 is 1.26 bits per heavy atom. The van der Waals surface area contributed by atoms with Gasteiger partial charge in [-0.15, -0.1) is 0 Å². The van der Waals surface area contributed by atoms with E-state index in [0.29, 0.717) is 5.69 Å². The van der Waals surface area contributed by atoms with Crippen molar-refractivity contribution in [3.63, 3.8) is 0 Å². The van der Waals surface area contributed by atoms with Gasteiger partial charge in [0.05, 0.1) is 24.1 Å². The topological polar surface area (TPSA) is 55.7 Å². The molecule has 1 aromatic rings. The number of halogens is 1. The van der Waals surface area contributed by atoms with E-state index in [9.17, 15) is 9.50 Å². The van der Waals surface area contributed by atoms with Crippen molar-refractivity contribution in [1.82, 2.24) is 0 Å². The van der Waals surface area contributed by atoms with Crippen LogP contribution in [-0.4, -0.2) is 42.6 Å². The summed E-state index contributed by atoms with van der Waals surface area (Å²) in [5, 5.41) is 21.2. The van der Waals surface area contributed by atoms with Crippen molar-refractivity contribution in [1.29, 1.82) is 0 Å². The number of hydrogen-bond acceptors (Lipinski definition) is 4. The fraction of sp³-hybridized carbons (Fsp3) is 0.571. The minimum atomic E-state index is -0.836. The summed E-state index contributed by atoms with van der Waals surface area (Å²) in [5.41, 5.74) is 1.64. The minimum absolute atomic E-state index is 0.209. The molecule has 5 heteroatoms. The van der Waals surface area contributed by atoms with Gasteiger partial charge in [-0.3, -0.25) is 0 Å². The molecule has 0 radical (unpaired) electrons. The summed E-state index contributed by atoms with van der Waals surface area (Å²) in [6.45, 7) is 1.86. The van der Waals surface area contributed by atoms with Gasteiger partial charge in [-0.2, -0.15) is 0 Å². The first-order valence-corrected chi connectivity index (χ1v) is 6.78. The molecule has 1 atom stereocenters. The number of rotatable bonds is 5. The molecule has 0 aromatic heterocycles. The fourth-order valence-electron chi connectivity index (χ4n) is 2.35.